The Balaban J connectivity index is 2.86. The fraction of sp³-hybridized carbons (Fsp3) is 0.364. The van der Waals surface area contributed by atoms with E-state index in [-0.39, 0.29) is 0 Å². The number of hydrogen-bond acceptors (Lipinski definition) is 1. The molecule has 0 spiro atoms. The number of benzene rings is 1. The van der Waals surface area contributed by atoms with Gasteiger partial charge in [0.25, 0.3) is 0 Å². The zero-order chi connectivity index (χ0) is 9.68. The highest BCUT2D eigenvalue weighted by molar-refractivity contribution is 9.10. The van der Waals surface area contributed by atoms with Crippen molar-refractivity contribution in [1.82, 2.24) is 0 Å². The third-order valence-corrected chi connectivity index (χ3v) is 2.78. The molecule has 13 heavy (non-hydrogen) atoms. The zero-order valence-electron chi connectivity index (χ0n) is 7.72. The SMILES string of the molecule is CCCCc1ccc(Br)cc1C=S. The fourth-order valence-corrected chi connectivity index (χ4v) is 1.87. The van der Waals surface area contributed by atoms with Gasteiger partial charge in [0.15, 0.2) is 0 Å². The minimum absolute atomic E-state index is 1.10. The number of rotatable bonds is 4. The molecule has 0 aliphatic carbocycles. The fourth-order valence-electron chi connectivity index (χ4n) is 1.27. The summed E-state index contributed by atoms with van der Waals surface area (Å²) >= 11 is 8.41. The van der Waals surface area contributed by atoms with Gasteiger partial charge in [-0.25, -0.2) is 0 Å². The Morgan fingerprint density at radius 2 is 2.23 bits per heavy atom. The Morgan fingerprint density at radius 3 is 2.85 bits per heavy atom. The minimum atomic E-state index is 1.10. The van der Waals surface area contributed by atoms with Crippen LogP contribution in [0.4, 0.5) is 0 Å². The molecule has 0 fully saturated rings. The van der Waals surface area contributed by atoms with Crippen molar-refractivity contribution in [3.05, 3.63) is 33.8 Å². The molecule has 0 aromatic heterocycles. The van der Waals surface area contributed by atoms with E-state index in [0.717, 1.165) is 10.9 Å². The van der Waals surface area contributed by atoms with Crippen molar-refractivity contribution in [1.29, 1.82) is 0 Å². The summed E-state index contributed by atoms with van der Waals surface area (Å²) in [6.45, 7) is 2.20. The highest BCUT2D eigenvalue weighted by Gasteiger charge is 1.99. The van der Waals surface area contributed by atoms with E-state index in [9.17, 15) is 0 Å². The molecule has 0 saturated heterocycles. The van der Waals surface area contributed by atoms with Crippen LogP contribution in [0.25, 0.3) is 0 Å². The van der Waals surface area contributed by atoms with E-state index in [0.29, 0.717) is 0 Å². The molecule has 0 unspecified atom stereocenters. The molecule has 0 nitrogen and oxygen atoms in total. The number of thiocarbonyl (C=S) groups is 1. The Hall–Kier alpha value is -0.210. The summed E-state index contributed by atoms with van der Waals surface area (Å²) in [5, 5.41) is 1.76. The van der Waals surface area contributed by atoms with Crippen LogP contribution in [-0.2, 0) is 6.42 Å². The van der Waals surface area contributed by atoms with E-state index in [1.807, 2.05) is 0 Å². The van der Waals surface area contributed by atoms with Crippen molar-refractivity contribution in [3.63, 3.8) is 0 Å². The Kier molecular flexibility index (Phi) is 4.60. The summed E-state index contributed by atoms with van der Waals surface area (Å²) in [7, 11) is 0. The number of hydrogen-bond donors (Lipinski definition) is 0. The first-order chi connectivity index (χ1) is 6.27. The van der Waals surface area contributed by atoms with Gasteiger partial charge in [-0.15, -0.1) is 0 Å². The van der Waals surface area contributed by atoms with Gasteiger partial charge in [0, 0.05) is 9.84 Å². The first-order valence-electron chi connectivity index (χ1n) is 4.51. The predicted octanol–water partition coefficient (Wildman–Crippen LogP) is 4.14. The first-order valence-corrected chi connectivity index (χ1v) is 5.78. The van der Waals surface area contributed by atoms with Crippen LogP contribution >= 0.6 is 28.1 Å². The van der Waals surface area contributed by atoms with Gasteiger partial charge in [0.1, 0.15) is 0 Å². The van der Waals surface area contributed by atoms with Gasteiger partial charge in [-0.05, 0) is 36.1 Å². The zero-order valence-corrected chi connectivity index (χ0v) is 10.1. The third kappa shape index (κ3) is 3.20. The van der Waals surface area contributed by atoms with Crippen LogP contribution in [0.2, 0.25) is 0 Å². The van der Waals surface area contributed by atoms with Crippen LogP contribution in [0.1, 0.15) is 30.9 Å². The summed E-state index contributed by atoms with van der Waals surface area (Å²) in [6.07, 6.45) is 3.59. The van der Waals surface area contributed by atoms with Crippen LogP contribution < -0.4 is 0 Å². The summed E-state index contributed by atoms with van der Waals surface area (Å²) in [5.41, 5.74) is 2.54. The molecule has 2 heteroatoms. The molecule has 0 aliphatic rings. The molecule has 0 heterocycles. The predicted molar refractivity (Wildman–Crippen MR) is 65.5 cm³/mol. The Bertz CT molecular complexity index is 294. The molecule has 0 bridgehead atoms. The lowest BCUT2D eigenvalue weighted by Gasteiger charge is -2.04. The van der Waals surface area contributed by atoms with E-state index in [2.05, 4.69) is 41.1 Å². The van der Waals surface area contributed by atoms with Crippen molar-refractivity contribution in [2.24, 2.45) is 0 Å². The van der Waals surface area contributed by atoms with Crippen LogP contribution in [0.5, 0.6) is 0 Å². The maximum absolute atomic E-state index is 4.97. The van der Waals surface area contributed by atoms with E-state index in [4.69, 9.17) is 12.2 Å². The van der Waals surface area contributed by atoms with Gasteiger partial charge in [-0.2, -0.15) is 0 Å². The lowest BCUT2D eigenvalue weighted by atomic mass is 10.0. The molecule has 1 aromatic carbocycles. The maximum Gasteiger partial charge on any atom is 0.0181 e. The summed E-state index contributed by atoms with van der Waals surface area (Å²) < 4.78 is 1.10. The molecule has 0 N–H and O–H groups in total. The molecular weight excluding hydrogens is 244 g/mol. The Morgan fingerprint density at radius 1 is 1.46 bits per heavy atom. The largest absolute Gasteiger partial charge is 0.0881 e. The standard InChI is InChI=1S/C11H13BrS/c1-2-3-4-9-5-6-11(12)7-10(9)8-13/h5-8H,2-4H2,1H3. The van der Waals surface area contributed by atoms with Gasteiger partial charge < -0.3 is 0 Å². The molecule has 70 valence electrons. The second kappa shape index (κ2) is 5.51. The molecule has 0 radical (unpaired) electrons. The highest BCUT2D eigenvalue weighted by atomic mass is 79.9. The summed E-state index contributed by atoms with van der Waals surface area (Å²) in [4.78, 5) is 0. The van der Waals surface area contributed by atoms with E-state index in [1.165, 1.54) is 24.0 Å². The van der Waals surface area contributed by atoms with Gasteiger partial charge in [-0.3, -0.25) is 0 Å². The topological polar surface area (TPSA) is 0 Å². The second-order valence-electron chi connectivity index (χ2n) is 3.06. The number of halogens is 1. The molecular formula is C11H13BrS. The average molecular weight is 257 g/mol. The summed E-state index contributed by atoms with van der Waals surface area (Å²) in [6, 6.07) is 6.31. The van der Waals surface area contributed by atoms with E-state index in [1.54, 1.807) is 5.37 Å². The minimum Gasteiger partial charge on any atom is -0.0881 e. The van der Waals surface area contributed by atoms with Crippen LogP contribution in [-0.4, -0.2) is 5.37 Å². The van der Waals surface area contributed by atoms with Crippen molar-refractivity contribution in [3.8, 4) is 0 Å². The van der Waals surface area contributed by atoms with Crippen LogP contribution in [0, 0.1) is 0 Å². The molecule has 0 atom stereocenters. The van der Waals surface area contributed by atoms with Crippen molar-refractivity contribution in [2.75, 3.05) is 0 Å². The van der Waals surface area contributed by atoms with Crippen LogP contribution in [0.15, 0.2) is 22.7 Å². The molecule has 0 aliphatic heterocycles. The van der Waals surface area contributed by atoms with Crippen molar-refractivity contribution >= 4 is 33.5 Å². The van der Waals surface area contributed by atoms with Gasteiger partial charge in [-0.1, -0.05) is 47.6 Å². The molecule has 1 aromatic rings. The summed E-state index contributed by atoms with van der Waals surface area (Å²) in [5.74, 6) is 0. The van der Waals surface area contributed by atoms with Gasteiger partial charge in [0.2, 0.25) is 0 Å². The molecule has 0 amide bonds. The van der Waals surface area contributed by atoms with Gasteiger partial charge in [0.05, 0.1) is 0 Å². The maximum atomic E-state index is 4.97. The lowest BCUT2D eigenvalue weighted by Crippen LogP contribution is -1.92. The molecule has 0 saturated carbocycles. The molecule has 1 rings (SSSR count). The van der Waals surface area contributed by atoms with Gasteiger partial charge >= 0.3 is 0 Å². The lowest BCUT2D eigenvalue weighted by molar-refractivity contribution is 0.794. The normalized spacial score (nSPS) is 10.0. The third-order valence-electron chi connectivity index (χ3n) is 2.03. The average Bonchev–Trinajstić information content (AvgIpc) is 2.16. The van der Waals surface area contributed by atoms with E-state index >= 15 is 0 Å². The monoisotopic (exact) mass is 256 g/mol. The van der Waals surface area contributed by atoms with Crippen molar-refractivity contribution in [2.45, 2.75) is 26.2 Å². The van der Waals surface area contributed by atoms with Crippen LogP contribution in [0.3, 0.4) is 0 Å². The number of aryl methyl sites for hydroxylation is 1. The number of unbranched alkanes of at least 4 members (excludes halogenated alkanes) is 1. The van der Waals surface area contributed by atoms with Crippen molar-refractivity contribution < 1.29 is 0 Å². The quantitative estimate of drug-likeness (QED) is 0.730. The highest BCUT2D eigenvalue weighted by Crippen LogP contribution is 2.17. The second-order valence-corrected chi connectivity index (χ2v) is 4.22. The Labute approximate surface area is 93.5 Å². The van der Waals surface area contributed by atoms with E-state index < -0.39 is 0 Å². The smallest absolute Gasteiger partial charge is 0.0181 e. The first kappa shape index (κ1) is 10.9.